The molecule has 19 heavy (non-hydrogen) atoms. The number of hydrogen-bond acceptors (Lipinski definition) is 4. The number of aliphatic hydroxyl groups excluding tert-OH is 1. The van der Waals surface area contributed by atoms with E-state index in [2.05, 4.69) is 4.90 Å². The monoisotopic (exact) mass is 265 g/mol. The molecule has 4 heteroatoms. The zero-order valence-electron chi connectivity index (χ0n) is 11.3. The van der Waals surface area contributed by atoms with Gasteiger partial charge in [-0.25, -0.2) is 0 Å². The number of aliphatic hydroxyl groups is 1. The lowest BCUT2D eigenvalue weighted by molar-refractivity contribution is -0.126. The second-order valence-electron chi connectivity index (χ2n) is 7.20. The van der Waals surface area contributed by atoms with Crippen LogP contribution in [0.1, 0.15) is 25.7 Å². The van der Waals surface area contributed by atoms with Crippen molar-refractivity contribution >= 4 is 6.29 Å². The third-order valence-corrected chi connectivity index (χ3v) is 6.07. The Morgan fingerprint density at radius 3 is 2.95 bits per heavy atom. The second-order valence-corrected chi connectivity index (χ2v) is 7.20. The summed E-state index contributed by atoms with van der Waals surface area (Å²) in [6, 6.07) is 0.322. The van der Waals surface area contributed by atoms with Gasteiger partial charge >= 0.3 is 0 Å². The van der Waals surface area contributed by atoms with Crippen molar-refractivity contribution in [1.29, 1.82) is 0 Å². The van der Waals surface area contributed by atoms with Crippen LogP contribution in [0.4, 0.5) is 0 Å². The average Bonchev–Trinajstić information content (AvgIpc) is 3.02. The molecule has 0 aromatic carbocycles. The number of hydrogen-bond donors (Lipinski definition) is 1. The Balaban J connectivity index is 1.52. The van der Waals surface area contributed by atoms with E-state index >= 15 is 0 Å². The molecule has 4 fully saturated rings. The number of carbonyl (C=O) groups excluding carboxylic acids is 1. The quantitative estimate of drug-likeness (QED) is 0.763. The van der Waals surface area contributed by atoms with Gasteiger partial charge in [0.1, 0.15) is 6.29 Å². The maximum Gasteiger partial charge on any atom is 0.129 e. The van der Waals surface area contributed by atoms with E-state index in [-0.39, 0.29) is 11.5 Å². The van der Waals surface area contributed by atoms with Crippen LogP contribution in [0.2, 0.25) is 0 Å². The fraction of sp³-hybridized carbons (Fsp3) is 0.933. The predicted octanol–water partition coefficient (Wildman–Crippen LogP) is 0.683. The van der Waals surface area contributed by atoms with Crippen molar-refractivity contribution in [1.82, 2.24) is 4.90 Å². The van der Waals surface area contributed by atoms with Gasteiger partial charge in [-0.2, -0.15) is 0 Å². The first-order valence-corrected chi connectivity index (χ1v) is 7.69. The van der Waals surface area contributed by atoms with Crippen LogP contribution in [0, 0.1) is 23.2 Å². The van der Waals surface area contributed by atoms with Gasteiger partial charge in [-0.3, -0.25) is 4.90 Å². The van der Waals surface area contributed by atoms with Crippen molar-refractivity contribution in [3.8, 4) is 0 Å². The van der Waals surface area contributed by atoms with Gasteiger partial charge < -0.3 is 14.6 Å². The molecule has 2 saturated carbocycles. The SMILES string of the molecule is O=CC1(CN2CC3CC4CC3C2C4O)CCCOC1. The van der Waals surface area contributed by atoms with E-state index < -0.39 is 0 Å². The first-order valence-electron chi connectivity index (χ1n) is 7.69. The summed E-state index contributed by atoms with van der Waals surface area (Å²) in [6.45, 7) is 3.22. The van der Waals surface area contributed by atoms with Crippen LogP contribution in [0.5, 0.6) is 0 Å². The lowest BCUT2D eigenvalue weighted by Crippen LogP contribution is -2.49. The largest absolute Gasteiger partial charge is 0.391 e. The first-order chi connectivity index (χ1) is 9.22. The van der Waals surface area contributed by atoms with Crippen LogP contribution in [-0.2, 0) is 9.53 Å². The molecule has 2 aliphatic carbocycles. The van der Waals surface area contributed by atoms with Crippen molar-refractivity contribution in [3.63, 3.8) is 0 Å². The van der Waals surface area contributed by atoms with Gasteiger partial charge in [0.15, 0.2) is 0 Å². The Bertz CT molecular complexity index is 378. The third-order valence-electron chi connectivity index (χ3n) is 6.07. The molecule has 4 aliphatic rings. The minimum absolute atomic E-state index is 0.156. The molecule has 0 aromatic rings. The minimum Gasteiger partial charge on any atom is -0.391 e. The third kappa shape index (κ3) is 1.73. The molecule has 1 N–H and O–H groups in total. The molecule has 6 atom stereocenters. The highest BCUT2D eigenvalue weighted by molar-refractivity contribution is 5.60. The molecule has 6 unspecified atom stereocenters. The van der Waals surface area contributed by atoms with Crippen LogP contribution in [0.3, 0.4) is 0 Å². The van der Waals surface area contributed by atoms with E-state index in [0.717, 1.165) is 44.7 Å². The van der Waals surface area contributed by atoms with Gasteiger partial charge in [-0.1, -0.05) is 0 Å². The van der Waals surface area contributed by atoms with Crippen molar-refractivity contribution in [2.24, 2.45) is 23.2 Å². The number of aldehydes is 1. The van der Waals surface area contributed by atoms with E-state index in [4.69, 9.17) is 4.74 Å². The number of fused-ring (bicyclic) bond motifs is 1. The van der Waals surface area contributed by atoms with Crippen LogP contribution >= 0.6 is 0 Å². The Morgan fingerprint density at radius 2 is 2.26 bits per heavy atom. The molecule has 4 nitrogen and oxygen atoms in total. The maximum absolute atomic E-state index is 11.6. The Hall–Kier alpha value is -0.450. The van der Waals surface area contributed by atoms with Gasteiger partial charge in [0.25, 0.3) is 0 Å². The highest BCUT2D eigenvalue weighted by Crippen LogP contribution is 2.55. The molecule has 106 valence electrons. The first kappa shape index (κ1) is 12.3. The molecule has 2 heterocycles. The summed E-state index contributed by atoms with van der Waals surface area (Å²) in [5.74, 6) is 1.99. The summed E-state index contributed by atoms with van der Waals surface area (Å²) in [5, 5.41) is 10.4. The van der Waals surface area contributed by atoms with Crippen molar-refractivity contribution in [2.45, 2.75) is 37.8 Å². The molecule has 2 aliphatic heterocycles. The zero-order valence-corrected chi connectivity index (χ0v) is 11.3. The van der Waals surface area contributed by atoms with E-state index in [9.17, 15) is 9.90 Å². The summed E-state index contributed by atoms with van der Waals surface area (Å²) in [7, 11) is 0. The molecule has 2 saturated heterocycles. The van der Waals surface area contributed by atoms with Crippen LogP contribution in [0.25, 0.3) is 0 Å². The number of ether oxygens (including phenoxy) is 1. The Kier molecular flexibility index (Phi) is 2.77. The fourth-order valence-electron chi connectivity index (χ4n) is 5.25. The molecule has 0 amide bonds. The number of nitrogens with zero attached hydrogens (tertiary/aromatic N) is 1. The second kappa shape index (κ2) is 4.27. The highest BCUT2D eigenvalue weighted by atomic mass is 16.5. The lowest BCUT2D eigenvalue weighted by Gasteiger charge is -2.38. The minimum atomic E-state index is -0.320. The fourth-order valence-corrected chi connectivity index (χ4v) is 5.25. The number of carbonyl (C=O) groups is 1. The smallest absolute Gasteiger partial charge is 0.129 e. The predicted molar refractivity (Wildman–Crippen MR) is 69.6 cm³/mol. The summed E-state index contributed by atoms with van der Waals surface area (Å²) < 4.78 is 5.54. The van der Waals surface area contributed by atoms with Gasteiger partial charge in [-0.15, -0.1) is 0 Å². The summed E-state index contributed by atoms with van der Waals surface area (Å²) >= 11 is 0. The lowest BCUT2D eigenvalue weighted by atomic mass is 9.83. The normalized spacial score (nSPS) is 52.8. The molecule has 2 bridgehead atoms. The molecule has 0 aromatic heterocycles. The van der Waals surface area contributed by atoms with E-state index in [0.29, 0.717) is 24.5 Å². The summed E-state index contributed by atoms with van der Waals surface area (Å²) in [6.07, 6.45) is 5.28. The number of likely N-dealkylation sites (tertiary alicyclic amines) is 1. The van der Waals surface area contributed by atoms with Gasteiger partial charge in [0.2, 0.25) is 0 Å². The van der Waals surface area contributed by atoms with E-state index in [1.54, 1.807) is 0 Å². The van der Waals surface area contributed by atoms with Gasteiger partial charge in [-0.05, 0) is 43.4 Å². The molecule has 0 radical (unpaired) electrons. The maximum atomic E-state index is 11.6. The Labute approximate surface area is 114 Å². The number of rotatable bonds is 3. The van der Waals surface area contributed by atoms with E-state index in [1.165, 1.54) is 12.8 Å². The van der Waals surface area contributed by atoms with Gasteiger partial charge in [0, 0.05) is 25.7 Å². The van der Waals surface area contributed by atoms with Crippen molar-refractivity contribution < 1.29 is 14.6 Å². The zero-order chi connectivity index (χ0) is 13.0. The van der Waals surface area contributed by atoms with E-state index in [1.807, 2.05) is 0 Å². The van der Waals surface area contributed by atoms with Crippen molar-refractivity contribution in [2.75, 3.05) is 26.3 Å². The van der Waals surface area contributed by atoms with Crippen LogP contribution in [0.15, 0.2) is 0 Å². The molecule has 0 spiro atoms. The molecular weight excluding hydrogens is 242 g/mol. The Morgan fingerprint density at radius 1 is 1.37 bits per heavy atom. The standard InChI is InChI=1S/C15H23NO3/c17-8-15(2-1-3-19-9-15)7-16-6-11-4-10-5-12(11)13(16)14(10)18/h8,10-14,18H,1-7,9H2. The van der Waals surface area contributed by atoms with Crippen molar-refractivity contribution in [3.05, 3.63) is 0 Å². The topological polar surface area (TPSA) is 49.8 Å². The molecule has 4 rings (SSSR count). The summed E-state index contributed by atoms with van der Waals surface area (Å²) in [5.41, 5.74) is -0.320. The van der Waals surface area contributed by atoms with Gasteiger partial charge in [0.05, 0.1) is 18.1 Å². The van der Waals surface area contributed by atoms with Crippen LogP contribution in [-0.4, -0.2) is 54.7 Å². The van der Waals surface area contributed by atoms with Crippen LogP contribution < -0.4 is 0 Å². The molecular formula is C15H23NO3. The summed E-state index contributed by atoms with van der Waals surface area (Å²) in [4.78, 5) is 14.0. The highest BCUT2D eigenvalue weighted by Gasteiger charge is 2.59. The average molecular weight is 265 g/mol.